The van der Waals surface area contributed by atoms with Gasteiger partial charge in [0.2, 0.25) is 5.91 Å². The molecule has 0 aromatic heterocycles. The second-order valence-corrected chi connectivity index (χ2v) is 6.44. The maximum Gasteiger partial charge on any atom is 0.220 e. The Morgan fingerprint density at radius 1 is 1.35 bits per heavy atom. The summed E-state index contributed by atoms with van der Waals surface area (Å²) in [6.45, 7) is 0.700. The van der Waals surface area contributed by atoms with E-state index in [2.05, 4.69) is 21.2 Å². The van der Waals surface area contributed by atoms with Crippen molar-refractivity contribution in [3.8, 4) is 0 Å². The van der Waals surface area contributed by atoms with Crippen molar-refractivity contribution in [2.45, 2.75) is 44.6 Å². The van der Waals surface area contributed by atoms with Gasteiger partial charge in [-0.25, -0.2) is 0 Å². The predicted molar refractivity (Wildman–Crippen MR) is 83.4 cm³/mol. The van der Waals surface area contributed by atoms with Crippen LogP contribution >= 0.6 is 15.9 Å². The number of carbonyl (C=O) groups is 1. The number of rotatable bonds is 5. The molecule has 0 heterocycles. The number of carbonyl (C=O) groups excluding carboxylic acids is 1. The van der Waals surface area contributed by atoms with Gasteiger partial charge in [0.15, 0.2) is 0 Å². The zero-order valence-corrected chi connectivity index (χ0v) is 13.2. The molecule has 2 unspecified atom stereocenters. The van der Waals surface area contributed by atoms with Crippen molar-refractivity contribution in [1.82, 2.24) is 5.32 Å². The van der Waals surface area contributed by atoms with Crippen LogP contribution in [0.1, 0.15) is 37.7 Å². The Labute approximate surface area is 128 Å². The molecule has 1 aliphatic carbocycles. The molecule has 4 heteroatoms. The van der Waals surface area contributed by atoms with Crippen LogP contribution in [0.5, 0.6) is 0 Å². The van der Waals surface area contributed by atoms with Crippen molar-refractivity contribution >= 4 is 21.8 Å². The fourth-order valence-corrected chi connectivity index (χ4v) is 3.23. The molecule has 0 saturated heterocycles. The number of hydrogen-bond acceptors (Lipinski definition) is 2. The van der Waals surface area contributed by atoms with Gasteiger partial charge in [-0.3, -0.25) is 4.79 Å². The third-order valence-corrected chi connectivity index (χ3v) is 4.70. The SMILES string of the molecule is O=C(CCc1ccccc1Br)NCC1CCCC(O)C1. The highest BCUT2D eigenvalue weighted by atomic mass is 79.9. The molecule has 1 saturated carbocycles. The fourth-order valence-electron chi connectivity index (χ4n) is 2.74. The molecular weight excluding hydrogens is 318 g/mol. The van der Waals surface area contributed by atoms with Crippen LogP contribution < -0.4 is 5.32 Å². The second kappa shape index (κ2) is 7.79. The Hall–Kier alpha value is -0.870. The van der Waals surface area contributed by atoms with Gasteiger partial charge in [0, 0.05) is 17.4 Å². The van der Waals surface area contributed by atoms with Gasteiger partial charge in [-0.2, -0.15) is 0 Å². The van der Waals surface area contributed by atoms with Gasteiger partial charge in [-0.05, 0) is 43.2 Å². The van der Waals surface area contributed by atoms with E-state index >= 15 is 0 Å². The molecule has 0 spiro atoms. The van der Waals surface area contributed by atoms with E-state index in [-0.39, 0.29) is 12.0 Å². The minimum absolute atomic E-state index is 0.0980. The molecule has 0 radical (unpaired) electrons. The van der Waals surface area contributed by atoms with E-state index in [1.807, 2.05) is 24.3 Å². The van der Waals surface area contributed by atoms with E-state index in [0.717, 1.165) is 42.1 Å². The summed E-state index contributed by atoms with van der Waals surface area (Å²) in [6, 6.07) is 8.00. The molecule has 110 valence electrons. The number of benzene rings is 1. The lowest BCUT2D eigenvalue weighted by molar-refractivity contribution is -0.121. The maximum absolute atomic E-state index is 11.9. The topological polar surface area (TPSA) is 49.3 Å². The van der Waals surface area contributed by atoms with E-state index < -0.39 is 0 Å². The highest BCUT2D eigenvalue weighted by Crippen LogP contribution is 2.23. The van der Waals surface area contributed by atoms with E-state index in [1.165, 1.54) is 0 Å². The molecule has 1 amide bonds. The smallest absolute Gasteiger partial charge is 0.220 e. The Balaban J connectivity index is 1.69. The average Bonchev–Trinajstić information content (AvgIpc) is 2.44. The van der Waals surface area contributed by atoms with Crippen LogP contribution in [0, 0.1) is 5.92 Å². The van der Waals surface area contributed by atoms with Gasteiger partial charge in [0.05, 0.1) is 6.10 Å². The molecule has 2 atom stereocenters. The van der Waals surface area contributed by atoms with Crippen molar-refractivity contribution in [1.29, 1.82) is 0 Å². The number of aliphatic hydroxyl groups excluding tert-OH is 1. The van der Waals surface area contributed by atoms with Crippen LogP contribution in [0.3, 0.4) is 0 Å². The molecule has 1 aliphatic rings. The van der Waals surface area contributed by atoms with Gasteiger partial charge < -0.3 is 10.4 Å². The summed E-state index contributed by atoms with van der Waals surface area (Å²) in [6.07, 6.45) is 5.00. The lowest BCUT2D eigenvalue weighted by Gasteiger charge is -2.25. The zero-order chi connectivity index (χ0) is 14.4. The van der Waals surface area contributed by atoms with Crippen LogP contribution in [0.4, 0.5) is 0 Å². The van der Waals surface area contributed by atoms with Gasteiger partial charge in [0.25, 0.3) is 0 Å². The number of aliphatic hydroxyl groups is 1. The second-order valence-electron chi connectivity index (χ2n) is 5.58. The molecule has 20 heavy (non-hydrogen) atoms. The minimum Gasteiger partial charge on any atom is -0.393 e. The molecule has 2 N–H and O–H groups in total. The molecule has 0 aliphatic heterocycles. The average molecular weight is 340 g/mol. The van der Waals surface area contributed by atoms with E-state index in [1.54, 1.807) is 0 Å². The minimum atomic E-state index is -0.175. The van der Waals surface area contributed by atoms with E-state index in [0.29, 0.717) is 18.9 Å². The van der Waals surface area contributed by atoms with Crippen molar-refractivity contribution in [3.05, 3.63) is 34.3 Å². The van der Waals surface area contributed by atoms with Crippen LogP contribution in [-0.4, -0.2) is 23.7 Å². The van der Waals surface area contributed by atoms with Gasteiger partial charge in [0.1, 0.15) is 0 Å². The summed E-state index contributed by atoms with van der Waals surface area (Å²) in [5, 5.41) is 12.6. The highest BCUT2D eigenvalue weighted by Gasteiger charge is 2.20. The highest BCUT2D eigenvalue weighted by molar-refractivity contribution is 9.10. The number of nitrogens with one attached hydrogen (secondary N) is 1. The maximum atomic E-state index is 11.9. The van der Waals surface area contributed by atoms with Crippen LogP contribution in [0.2, 0.25) is 0 Å². The lowest BCUT2D eigenvalue weighted by atomic mass is 9.87. The standard InChI is InChI=1S/C16H22BrNO2/c17-15-7-2-1-5-13(15)8-9-16(20)18-11-12-4-3-6-14(19)10-12/h1-2,5,7,12,14,19H,3-4,6,8-11H2,(H,18,20). The first-order chi connectivity index (χ1) is 9.65. The number of amides is 1. The molecule has 1 aromatic rings. The largest absolute Gasteiger partial charge is 0.393 e. The summed E-state index contributed by atoms with van der Waals surface area (Å²) in [5.41, 5.74) is 1.16. The van der Waals surface area contributed by atoms with Crippen molar-refractivity contribution in [3.63, 3.8) is 0 Å². The zero-order valence-electron chi connectivity index (χ0n) is 11.6. The predicted octanol–water partition coefficient (Wildman–Crippen LogP) is 3.05. The third kappa shape index (κ3) is 4.91. The first-order valence-corrected chi connectivity index (χ1v) is 8.12. The number of aryl methyl sites for hydroxylation is 1. The summed E-state index contributed by atoms with van der Waals surface area (Å²) < 4.78 is 1.06. The first kappa shape index (κ1) is 15.5. The Bertz CT molecular complexity index is 450. The Morgan fingerprint density at radius 2 is 2.15 bits per heavy atom. The third-order valence-electron chi connectivity index (χ3n) is 3.92. The normalized spacial score (nSPS) is 22.5. The molecule has 2 rings (SSSR count). The monoisotopic (exact) mass is 339 g/mol. The van der Waals surface area contributed by atoms with E-state index in [9.17, 15) is 9.90 Å². The van der Waals surface area contributed by atoms with Gasteiger partial charge in [-0.15, -0.1) is 0 Å². The van der Waals surface area contributed by atoms with Crippen molar-refractivity contribution < 1.29 is 9.90 Å². The summed E-state index contributed by atoms with van der Waals surface area (Å²) >= 11 is 3.50. The molecule has 1 fully saturated rings. The fraction of sp³-hybridized carbons (Fsp3) is 0.562. The van der Waals surface area contributed by atoms with Gasteiger partial charge >= 0.3 is 0 Å². The van der Waals surface area contributed by atoms with Crippen molar-refractivity contribution in [2.75, 3.05) is 6.54 Å². The van der Waals surface area contributed by atoms with Crippen LogP contribution in [0.15, 0.2) is 28.7 Å². The Kier molecular flexibility index (Phi) is 6.05. The van der Waals surface area contributed by atoms with Crippen molar-refractivity contribution in [2.24, 2.45) is 5.92 Å². The Morgan fingerprint density at radius 3 is 2.90 bits per heavy atom. The van der Waals surface area contributed by atoms with Crippen LogP contribution in [-0.2, 0) is 11.2 Å². The first-order valence-electron chi connectivity index (χ1n) is 7.33. The van der Waals surface area contributed by atoms with E-state index in [4.69, 9.17) is 0 Å². The van der Waals surface area contributed by atoms with Gasteiger partial charge in [-0.1, -0.05) is 40.5 Å². The summed E-state index contributed by atoms with van der Waals surface area (Å²) in [5.74, 6) is 0.534. The summed E-state index contributed by atoms with van der Waals surface area (Å²) in [7, 11) is 0. The quantitative estimate of drug-likeness (QED) is 0.866. The number of hydrogen-bond donors (Lipinski definition) is 2. The summed E-state index contributed by atoms with van der Waals surface area (Å²) in [4.78, 5) is 11.9. The molecule has 1 aromatic carbocycles. The molecule has 3 nitrogen and oxygen atoms in total. The van der Waals surface area contributed by atoms with Crippen LogP contribution in [0.25, 0.3) is 0 Å². The number of halogens is 1. The molecule has 0 bridgehead atoms. The lowest BCUT2D eigenvalue weighted by Crippen LogP contribution is -2.33. The molecular formula is C16H22BrNO2.